The van der Waals surface area contributed by atoms with Gasteiger partial charge < -0.3 is 5.32 Å². The van der Waals surface area contributed by atoms with E-state index in [1.165, 1.54) is 18.4 Å². The third-order valence-corrected chi connectivity index (χ3v) is 3.72. The van der Waals surface area contributed by atoms with Crippen molar-refractivity contribution in [3.8, 4) is 0 Å². The molecule has 2 nitrogen and oxygen atoms in total. The van der Waals surface area contributed by atoms with Gasteiger partial charge in [-0.1, -0.05) is 12.1 Å². The van der Waals surface area contributed by atoms with Crippen LogP contribution in [-0.4, -0.2) is 30.6 Å². The number of nitrogens with zero attached hydrogens (tertiary/aromatic N) is 1. The molecule has 2 unspecified atom stereocenters. The van der Waals surface area contributed by atoms with Crippen LogP contribution in [0, 0.1) is 5.82 Å². The standard InChI is InChI=1S/C14H21FN2/c1-11-9-14(16-2)7-8-17(11)10-12-3-5-13(15)6-4-12/h3-6,11,14,16H,7-10H2,1-2H3. The lowest BCUT2D eigenvalue weighted by Crippen LogP contribution is -2.46. The van der Waals surface area contributed by atoms with E-state index in [2.05, 4.69) is 17.1 Å². The van der Waals surface area contributed by atoms with E-state index in [4.69, 9.17) is 0 Å². The molecule has 1 aromatic carbocycles. The van der Waals surface area contributed by atoms with Crippen molar-refractivity contribution in [1.82, 2.24) is 10.2 Å². The van der Waals surface area contributed by atoms with Gasteiger partial charge in [0.25, 0.3) is 0 Å². The molecule has 0 saturated carbocycles. The number of rotatable bonds is 3. The van der Waals surface area contributed by atoms with Gasteiger partial charge in [-0.25, -0.2) is 4.39 Å². The molecule has 1 N–H and O–H groups in total. The van der Waals surface area contributed by atoms with E-state index in [-0.39, 0.29) is 5.82 Å². The van der Waals surface area contributed by atoms with Gasteiger partial charge in [0.1, 0.15) is 5.82 Å². The zero-order valence-electron chi connectivity index (χ0n) is 10.6. The number of nitrogens with one attached hydrogen (secondary N) is 1. The zero-order chi connectivity index (χ0) is 12.3. The van der Waals surface area contributed by atoms with Gasteiger partial charge in [-0.05, 0) is 44.5 Å². The topological polar surface area (TPSA) is 15.3 Å². The van der Waals surface area contributed by atoms with Crippen LogP contribution in [0.15, 0.2) is 24.3 Å². The van der Waals surface area contributed by atoms with Gasteiger partial charge >= 0.3 is 0 Å². The number of benzene rings is 1. The van der Waals surface area contributed by atoms with E-state index >= 15 is 0 Å². The third kappa shape index (κ3) is 3.27. The minimum Gasteiger partial charge on any atom is -0.317 e. The fourth-order valence-electron chi connectivity index (χ4n) is 2.54. The molecule has 2 rings (SSSR count). The fraction of sp³-hybridized carbons (Fsp3) is 0.571. The van der Waals surface area contributed by atoms with Crippen LogP contribution in [0.5, 0.6) is 0 Å². The molecule has 1 saturated heterocycles. The molecule has 0 aliphatic carbocycles. The molecule has 17 heavy (non-hydrogen) atoms. The largest absolute Gasteiger partial charge is 0.317 e. The zero-order valence-corrected chi connectivity index (χ0v) is 10.6. The molecule has 0 amide bonds. The summed E-state index contributed by atoms with van der Waals surface area (Å²) >= 11 is 0. The Bertz CT molecular complexity index is 350. The van der Waals surface area contributed by atoms with Crippen molar-refractivity contribution in [2.24, 2.45) is 0 Å². The molecule has 1 heterocycles. The Balaban J connectivity index is 1.93. The first-order chi connectivity index (χ1) is 8.19. The molecule has 3 heteroatoms. The van der Waals surface area contributed by atoms with Crippen molar-refractivity contribution in [1.29, 1.82) is 0 Å². The van der Waals surface area contributed by atoms with Crippen molar-refractivity contribution >= 4 is 0 Å². The van der Waals surface area contributed by atoms with Crippen molar-refractivity contribution in [2.45, 2.75) is 38.4 Å². The highest BCUT2D eigenvalue weighted by molar-refractivity contribution is 5.16. The summed E-state index contributed by atoms with van der Waals surface area (Å²) in [6, 6.07) is 8.08. The Morgan fingerprint density at radius 1 is 1.35 bits per heavy atom. The minimum atomic E-state index is -0.157. The number of hydrogen-bond acceptors (Lipinski definition) is 2. The van der Waals surface area contributed by atoms with Crippen LogP contribution in [0.2, 0.25) is 0 Å². The lowest BCUT2D eigenvalue weighted by molar-refractivity contribution is 0.131. The van der Waals surface area contributed by atoms with Gasteiger partial charge in [0.15, 0.2) is 0 Å². The first kappa shape index (κ1) is 12.5. The van der Waals surface area contributed by atoms with Gasteiger partial charge in [0.05, 0.1) is 0 Å². The molecule has 1 aliphatic rings. The maximum Gasteiger partial charge on any atom is 0.123 e. The lowest BCUT2D eigenvalue weighted by atomic mass is 9.98. The number of piperidine rings is 1. The van der Waals surface area contributed by atoms with Gasteiger partial charge in [-0.15, -0.1) is 0 Å². The van der Waals surface area contributed by atoms with Crippen LogP contribution in [0.1, 0.15) is 25.3 Å². The van der Waals surface area contributed by atoms with Crippen LogP contribution in [-0.2, 0) is 6.54 Å². The predicted molar refractivity (Wildman–Crippen MR) is 68.4 cm³/mol. The summed E-state index contributed by atoms with van der Waals surface area (Å²) in [5, 5.41) is 3.35. The van der Waals surface area contributed by atoms with Crippen molar-refractivity contribution in [3.63, 3.8) is 0 Å². The molecule has 2 atom stereocenters. The first-order valence-corrected chi connectivity index (χ1v) is 6.35. The van der Waals surface area contributed by atoms with Crippen LogP contribution in [0.3, 0.4) is 0 Å². The van der Waals surface area contributed by atoms with E-state index in [0.29, 0.717) is 12.1 Å². The highest BCUT2D eigenvalue weighted by Gasteiger charge is 2.24. The third-order valence-electron chi connectivity index (χ3n) is 3.72. The molecule has 1 aromatic rings. The Hall–Kier alpha value is -0.930. The van der Waals surface area contributed by atoms with Crippen LogP contribution in [0.4, 0.5) is 4.39 Å². The van der Waals surface area contributed by atoms with Crippen LogP contribution >= 0.6 is 0 Å². The van der Waals surface area contributed by atoms with E-state index in [0.717, 1.165) is 13.1 Å². The Kier molecular flexibility index (Phi) is 4.13. The normalized spacial score (nSPS) is 26.1. The van der Waals surface area contributed by atoms with Crippen molar-refractivity contribution in [2.75, 3.05) is 13.6 Å². The second-order valence-corrected chi connectivity index (χ2v) is 4.96. The van der Waals surface area contributed by atoms with Gasteiger partial charge in [-0.3, -0.25) is 4.90 Å². The first-order valence-electron chi connectivity index (χ1n) is 6.35. The quantitative estimate of drug-likeness (QED) is 0.867. The van der Waals surface area contributed by atoms with Crippen molar-refractivity contribution < 1.29 is 4.39 Å². The molecule has 1 fully saturated rings. The Morgan fingerprint density at radius 2 is 2.06 bits per heavy atom. The lowest BCUT2D eigenvalue weighted by Gasteiger charge is -2.37. The van der Waals surface area contributed by atoms with E-state index < -0.39 is 0 Å². The Labute approximate surface area is 103 Å². The van der Waals surface area contributed by atoms with Crippen molar-refractivity contribution in [3.05, 3.63) is 35.6 Å². The van der Waals surface area contributed by atoms with Crippen LogP contribution < -0.4 is 5.32 Å². The molecule has 0 aromatic heterocycles. The monoisotopic (exact) mass is 236 g/mol. The number of hydrogen-bond donors (Lipinski definition) is 1. The molecule has 0 spiro atoms. The highest BCUT2D eigenvalue weighted by Crippen LogP contribution is 2.19. The number of halogens is 1. The average Bonchev–Trinajstić information content (AvgIpc) is 2.34. The summed E-state index contributed by atoms with van der Waals surface area (Å²) in [7, 11) is 2.03. The minimum absolute atomic E-state index is 0.157. The number of likely N-dealkylation sites (tertiary alicyclic amines) is 1. The van der Waals surface area contributed by atoms with E-state index in [1.54, 1.807) is 12.1 Å². The predicted octanol–water partition coefficient (Wildman–Crippen LogP) is 2.40. The molecular weight excluding hydrogens is 215 g/mol. The molecule has 94 valence electrons. The summed E-state index contributed by atoms with van der Waals surface area (Å²) in [4.78, 5) is 2.47. The second kappa shape index (κ2) is 5.61. The smallest absolute Gasteiger partial charge is 0.123 e. The van der Waals surface area contributed by atoms with Gasteiger partial charge in [0, 0.05) is 25.2 Å². The summed E-state index contributed by atoms with van der Waals surface area (Å²) in [6.45, 7) is 4.31. The second-order valence-electron chi connectivity index (χ2n) is 4.96. The van der Waals surface area contributed by atoms with Gasteiger partial charge in [0.2, 0.25) is 0 Å². The molecule has 1 aliphatic heterocycles. The van der Waals surface area contributed by atoms with E-state index in [1.807, 2.05) is 19.2 Å². The Morgan fingerprint density at radius 3 is 2.65 bits per heavy atom. The maximum absolute atomic E-state index is 12.8. The van der Waals surface area contributed by atoms with E-state index in [9.17, 15) is 4.39 Å². The molecule has 0 radical (unpaired) electrons. The molecule has 0 bridgehead atoms. The summed E-state index contributed by atoms with van der Waals surface area (Å²) in [6.07, 6.45) is 2.39. The summed E-state index contributed by atoms with van der Waals surface area (Å²) in [5.41, 5.74) is 1.20. The SMILES string of the molecule is CNC1CCN(Cc2ccc(F)cc2)C(C)C1. The average molecular weight is 236 g/mol. The summed E-state index contributed by atoms with van der Waals surface area (Å²) in [5.74, 6) is -0.157. The maximum atomic E-state index is 12.8. The fourth-order valence-corrected chi connectivity index (χ4v) is 2.54. The van der Waals surface area contributed by atoms with Crippen LogP contribution in [0.25, 0.3) is 0 Å². The summed E-state index contributed by atoms with van der Waals surface area (Å²) < 4.78 is 12.8. The highest BCUT2D eigenvalue weighted by atomic mass is 19.1. The van der Waals surface area contributed by atoms with Gasteiger partial charge in [-0.2, -0.15) is 0 Å². The molecular formula is C14H21FN2.